The Morgan fingerprint density at radius 2 is 1.98 bits per heavy atom. The van der Waals surface area contributed by atoms with Crippen LogP contribution in [-0.4, -0.2) is 92.7 Å². The van der Waals surface area contributed by atoms with E-state index >= 15 is 0 Å². The first-order chi connectivity index (χ1) is 22.9. The molecule has 5 heterocycles. The van der Waals surface area contributed by atoms with E-state index in [0.717, 1.165) is 36.0 Å². The number of nitrogens with one attached hydrogen (secondary N) is 1. The second-order valence-corrected chi connectivity index (χ2v) is 13.7. The van der Waals surface area contributed by atoms with Gasteiger partial charge in [-0.3, -0.25) is 4.79 Å². The first-order valence-electron chi connectivity index (χ1n) is 15.3. The molecule has 0 bridgehead atoms. The van der Waals surface area contributed by atoms with Crippen LogP contribution in [0, 0.1) is 5.92 Å². The van der Waals surface area contributed by atoms with Crippen molar-refractivity contribution in [2.24, 2.45) is 5.92 Å². The smallest absolute Gasteiger partial charge is 0.434 e. The number of carboxylic acid groups (broad SMARTS) is 1. The van der Waals surface area contributed by atoms with Gasteiger partial charge in [0.25, 0.3) is 0 Å². The number of thiophene rings is 1. The molecule has 0 spiro atoms. The van der Waals surface area contributed by atoms with Crippen LogP contribution < -0.4 is 14.8 Å². The number of methoxy groups -OCH3 is 1. The standard InChI is InChI=1S/C31H33F3N6O6S2/c1-39-10-6-4-3-5-7-17-15-30(17,28(42)43)38-26(41)20-13-18(8-11-40(20)29(39)44)46-23-14-19(24-21(45-2)9-12-47-24)35-25(37-23)27-36-22(16-48-27)31(32,33)34/h5,7,9,12,14,16-18,20H,3-4,6,8,10-11,13,15H2,1-2H3,(H,38,41)(H,42,43)/b7-5-/t17-,18+,20+,30-/m1/s1. The largest absolute Gasteiger partial charge is 0.495 e. The number of hydrogen-bond donors (Lipinski definition) is 2. The molecule has 0 unspecified atom stereocenters. The molecular formula is C31H33F3N6O6S2. The van der Waals surface area contributed by atoms with Gasteiger partial charge in [-0.2, -0.15) is 18.2 Å². The highest BCUT2D eigenvalue weighted by atomic mass is 32.1. The van der Waals surface area contributed by atoms with Crippen LogP contribution in [0.1, 0.15) is 44.2 Å². The van der Waals surface area contributed by atoms with Crippen LogP contribution in [0.5, 0.6) is 11.6 Å². The van der Waals surface area contributed by atoms with Gasteiger partial charge in [-0.1, -0.05) is 12.2 Å². The van der Waals surface area contributed by atoms with E-state index in [1.54, 1.807) is 23.4 Å². The van der Waals surface area contributed by atoms with Crippen LogP contribution in [0.25, 0.3) is 21.4 Å². The molecule has 4 atom stereocenters. The minimum atomic E-state index is -4.65. The molecule has 0 radical (unpaired) electrons. The number of nitrogens with zero attached hydrogens (tertiary/aromatic N) is 5. The monoisotopic (exact) mass is 706 g/mol. The van der Waals surface area contributed by atoms with E-state index in [9.17, 15) is 32.7 Å². The Morgan fingerprint density at radius 1 is 1.17 bits per heavy atom. The van der Waals surface area contributed by atoms with E-state index in [1.165, 1.54) is 29.4 Å². The number of ether oxygens (including phenoxy) is 2. The molecule has 0 aromatic carbocycles. The Bertz CT molecular complexity index is 1730. The average molecular weight is 707 g/mol. The summed E-state index contributed by atoms with van der Waals surface area (Å²) in [6.45, 7) is 0.631. The van der Waals surface area contributed by atoms with Crippen molar-refractivity contribution in [1.82, 2.24) is 30.1 Å². The number of alkyl halides is 3. The summed E-state index contributed by atoms with van der Waals surface area (Å²) in [6, 6.07) is 1.87. The van der Waals surface area contributed by atoms with Crippen LogP contribution in [0.2, 0.25) is 0 Å². The molecule has 17 heteroatoms. The van der Waals surface area contributed by atoms with Crippen molar-refractivity contribution >= 4 is 40.6 Å². The molecule has 1 aliphatic carbocycles. The number of fused-ring (bicyclic) bond motifs is 2. The molecule has 6 rings (SSSR count). The molecule has 2 fully saturated rings. The van der Waals surface area contributed by atoms with Crippen molar-refractivity contribution in [3.05, 3.63) is 40.7 Å². The minimum Gasteiger partial charge on any atom is -0.495 e. The highest BCUT2D eigenvalue weighted by Crippen LogP contribution is 2.45. The molecule has 2 N–H and O–H groups in total. The third-order valence-corrected chi connectivity index (χ3v) is 10.5. The zero-order valence-corrected chi connectivity index (χ0v) is 27.7. The molecule has 12 nitrogen and oxygen atoms in total. The number of amides is 3. The second kappa shape index (κ2) is 13.3. The Kier molecular flexibility index (Phi) is 9.35. The average Bonchev–Trinajstić information content (AvgIpc) is 3.39. The van der Waals surface area contributed by atoms with Crippen molar-refractivity contribution < 1.29 is 42.1 Å². The number of hydrogen-bond acceptors (Lipinski definition) is 10. The van der Waals surface area contributed by atoms with Crippen LogP contribution in [0.15, 0.2) is 35.0 Å². The number of carboxylic acids is 1. The summed E-state index contributed by atoms with van der Waals surface area (Å²) in [5.74, 6) is -1.65. The quantitative estimate of drug-likeness (QED) is 0.325. The number of urea groups is 1. The van der Waals surface area contributed by atoms with E-state index in [-0.39, 0.29) is 48.0 Å². The molecule has 3 aromatic heterocycles. The zero-order chi connectivity index (χ0) is 34.2. The number of carbonyl (C=O) groups excluding carboxylic acids is 2. The highest BCUT2D eigenvalue weighted by Gasteiger charge is 2.61. The predicted molar refractivity (Wildman–Crippen MR) is 170 cm³/mol. The van der Waals surface area contributed by atoms with Crippen molar-refractivity contribution in [3.63, 3.8) is 0 Å². The van der Waals surface area contributed by atoms with E-state index < -0.39 is 41.4 Å². The molecule has 3 aliphatic rings. The number of rotatable bonds is 6. The number of piperidine rings is 1. The van der Waals surface area contributed by atoms with Gasteiger partial charge in [-0.15, -0.1) is 22.7 Å². The van der Waals surface area contributed by atoms with Crippen LogP contribution in [0.4, 0.5) is 18.0 Å². The maximum absolute atomic E-state index is 13.8. The van der Waals surface area contributed by atoms with Gasteiger partial charge in [-0.05, 0) is 37.1 Å². The molecule has 48 heavy (non-hydrogen) atoms. The third-order valence-electron chi connectivity index (χ3n) is 8.71. The molecule has 3 aromatic rings. The molecule has 1 saturated heterocycles. The SMILES string of the molecule is COc1ccsc1-c1cc(O[C@H]2CCN3C(=O)N(C)CCCC/C=C\[C@@H]4C[C@@]4(C(=O)O)NC(=O)[C@@H]3C2)nc(-c2nc(C(F)(F)F)cs2)n1. The number of allylic oxidation sites excluding steroid dienone is 1. The lowest BCUT2D eigenvalue weighted by Crippen LogP contribution is -2.60. The zero-order valence-electron chi connectivity index (χ0n) is 26.0. The van der Waals surface area contributed by atoms with E-state index in [2.05, 4.69) is 20.3 Å². The molecule has 1 saturated carbocycles. The number of thiazole rings is 1. The number of carbonyl (C=O) groups is 3. The van der Waals surface area contributed by atoms with Crippen molar-refractivity contribution in [3.8, 4) is 33.0 Å². The fourth-order valence-electron chi connectivity index (χ4n) is 5.99. The second-order valence-electron chi connectivity index (χ2n) is 11.9. The van der Waals surface area contributed by atoms with Crippen LogP contribution >= 0.6 is 22.7 Å². The fraction of sp³-hybridized carbons (Fsp3) is 0.484. The maximum Gasteiger partial charge on any atom is 0.434 e. The predicted octanol–water partition coefficient (Wildman–Crippen LogP) is 5.32. The van der Waals surface area contributed by atoms with Crippen molar-refractivity contribution in [1.29, 1.82) is 0 Å². The number of aliphatic carboxylic acids is 1. The first-order valence-corrected chi connectivity index (χ1v) is 17.1. The lowest BCUT2D eigenvalue weighted by Gasteiger charge is -2.40. The summed E-state index contributed by atoms with van der Waals surface area (Å²) in [4.78, 5) is 55.9. The Labute approximate surface area is 281 Å². The van der Waals surface area contributed by atoms with Gasteiger partial charge in [0.05, 0.1) is 17.7 Å². The van der Waals surface area contributed by atoms with Gasteiger partial charge >= 0.3 is 18.2 Å². The number of aromatic nitrogens is 3. The van der Waals surface area contributed by atoms with Crippen LogP contribution in [0.3, 0.4) is 0 Å². The van der Waals surface area contributed by atoms with Crippen molar-refractivity contribution in [2.45, 2.75) is 62.4 Å². The Balaban J connectivity index is 1.31. The number of halogens is 3. The highest BCUT2D eigenvalue weighted by molar-refractivity contribution is 7.14. The van der Waals surface area contributed by atoms with Gasteiger partial charge < -0.3 is 29.7 Å². The summed E-state index contributed by atoms with van der Waals surface area (Å²) in [7, 11) is 3.16. The lowest BCUT2D eigenvalue weighted by molar-refractivity contribution is -0.144. The van der Waals surface area contributed by atoms with Crippen molar-refractivity contribution in [2.75, 3.05) is 27.2 Å². The van der Waals surface area contributed by atoms with E-state index in [4.69, 9.17) is 9.47 Å². The maximum atomic E-state index is 13.8. The summed E-state index contributed by atoms with van der Waals surface area (Å²) in [5.41, 5.74) is -2.18. The van der Waals surface area contributed by atoms with E-state index in [1.807, 2.05) is 12.2 Å². The van der Waals surface area contributed by atoms with Gasteiger partial charge in [0.2, 0.25) is 11.8 Å². The van der Waals surface area contributed by atoms with E-state index in [0.29, 0.717) is 29.3 Å². The lowest BCUT2D eigenvalue weighted by atomic mass is 9.98. The Morgan fingerprint density at radius 3 is 2.71 bits per heavy atom. The molecule has 2 aliphatic heterocycles. The van der Waals surface area contributed by atoms with Gasteiger partial charge in [0, 0.05) is 50.3 Å². The Hall–Kier alpha value is -4.25. The summed E-state index contributed by atoms with van der Waals surface area (Å²) >= 11 is 2.05. The molecule has 256 valence electrons. The topological polar surface area (TPSA) is 147 Å². The summed E-state index contributed by atoms with van der Waals surface area (Å²) in [5, 5.41) is 15.4. The molecule has 3 amide bonds. The van der Waals surface area contributed by atoms with Gasteiger partial charge in [-0.25, -0.2) is 19.6 Å². The summed E-state index contributed by atoms with van der Waals surface area (Å²) in [6.07, 6.45) is 1.35. The third kappa shape index (κ3) is 6.83. The normalized spacial score (nSPS) is 25.7. The minimum absolute atomic E-state index is 0.0219. The van der Waals surface area contributed by atoms with Crippen LogP contribution in [-0.2, 0) is 15.8 Å². The van der Waals surface area contributed by atoms with Gasteiger partial charge in [0.1, 0.15) is 23.4 Å². The summed E-state index contributed by atoms with van der Waals surface area (Å²) < 4.78 is 51.8. The fourth-order valence-corrected chi connectivity index (χ4v) is 7.57. The molecular weight excluding hydrogens is 674 g/mol. The van der Waals surface area contributed by atoms with Gasteiger partial charge in [0.15, 0.2) is 16.5 Å². The first kappa shape index (κ1) is 33.6.